The fourth-order valence-electron chi connectivity index (χ4n) is 4.54. The first-order valence-electron chi connectivity index (χ1n) is 13.9. The van der Waals surface area contributed by atoms with Crippen LogP contribution in [0.15, 0.2) is 12.4 Å². The van der Waals surface area contributed by atoms with Crippen LogP contribution in [0.4, 0.5) is 0 Å². The lowest BCUT2D eigenvalue weighted by Crippen LogP contribution is -2.37. The van der Waals surface area contributed by atoms with Crippen LogP contribution in [-0.4, -0.2) is 4.57 Å². The second-order valence-corrected chi connectivity index (χ2v) is 9.51. The Morgan fingerprint density at radius 1 is 0.567 bits per heavy atom. The van der Waals surface area contributed by atoms with Gasteiger partial charge in [0.2, 0.25) is 0 Å². The smallest absolute Gasteiger partial charge is 0.234 e. The summed E-state index contributed by atoms with van der Waals surface area (Å²) in [7, 11) is 0. The molecule has 0 saturated heterocycles. The number of rotatable bonds is 22. The summed E-state index contributed by atoms with van der Waals surface area (Å²) in [6.07, 6.45) is 32.7. The first-order chi connectivity index (χ1) is 14.8. The number of hydrogen-bond donors (Lipinski definition) is 0. The van der Waals surface area contributed by atoms with Crippen molar-refractivity contribution in [3.8, 4) is 0 Å². The van der Waals surface area contributed by atoms with E-state index in [9.17, 15) is 0 Å². The fourth-order valence-corrected chi connectivity index (χ4v) is 4.54. The van der Waals surface area contributed by atoms with E-state index in [-0.39, 0.29) is 0 Å². The SMILES string of the molecule is CCCCCCCCCCCCCCCC[n+]1ccn(CCCCC)c1CCCC. The van der Waals surface area contributed by atoms with Crippen LogP contribution in [0.3, 0.4) is 0 Å². The molecule has 0 unspecified atom stereocenters. The highest BCUT2D eigenvalue weighted by Gasteiger charge is 2.15. The maximum Gasteiger partial charge on any atom is 0.256 e. The molecule has 0 radical (unpaired) electrons. The fraction of sp³-hybridized carbons (Fsp3) is 0.893. The van der Waals surface area contributed by atoms with Crippen molar-refractivity contribution >= 4 is 0 Å². The van der Waals surface area contributed by atoms with E-state index in [1.165, 1.54) is 142 Å². The molecule has 2 nitrogen and oxygen atoms in total. The van der Waals surface area contributed by atoms with Gasteiger partial charge in [-0.1, -0.05) is 111 Å². The van der Waals surface area contributed by atoms with Gasteiger partial charge in [-0.15, -0.1) is 0 Å². The van der Waals surface area contributed by atoms with E-state index < -0.39 is 0 Å². The Hall–Kier alpha value is -0.790. The van der Waals surface area contributed by atoms with Gasteiger partial charge in [0.15, 0.2) is 0 Å². The van der Waals surface area contributed by atoms with Crippen LogP contribution in [0.2, 0.25) is 0 Å². The van der Waals surface area contributed by atoms with E-state index in [1.807, 2.05) is 0 Å². The molecule has 0 amide bonds. The van der Waals surface area contributed by atoms with Gasteiger partial charge in [-0.25, -0.2) is 9.13 Å². The average molecular weight is 420 g/mol. The van der Waals surface area contributed by atoms with Gasteiger partial charge in [0.05, 0.1) is 13.1 Å². The van der Waals surface area contributed by atoms with E-state index in [0.717, 1.165) is 0 Å². The van der Waals surface area contributed by atoms with Gasteiger partial charge in [0, 0.05) is 6.42 Å². The molecule has 0 aliphatic heterocycles. The number of aromatic nitrogens is 2. The lowest BCUT2D eigenvalue weighted by molar-refractivity contribution is -0.704. The van der Waals surface area contributed by atoms with Gasteiger partial charge >= 0.3 is 0 Å². The molecule has 1 aromatic heterocycles. The molecule has 0 bridgehead atoms. The highest BCUT2D eigenvalue weighted by molar-refractivity contribution is 4.84. The van der Waals surface area contributed by atoms with Crippen molar-refractivity contribution in [3.05, 3.63) is 18.2 Å². The van der Waals surface area contributed by atoms with Crippen molar-refractivity contribution in [1.29, 1.82) is 0 Å². The number of hydrogen-bond acceptors (Lipinski definition) is 0. The molecule has 1 heterocycles. The van der Waals surface area contributed by atoms with Crippen LogP contribution in [0.5, 0.6) is 0 Å². The van der Waals surface area contributed by atoms with Crippen molar-refractivity contribution < 1.29 is 4.57 Å². The molecule has 1 aromatic rings. The minimum absolute atomic E-state index is 1.21. The van der Waals surface area contributed by atoms with Crippen molar-refractivity contribution in [2.75, 3.05) is 0 Å². The summed E-state index contributed by atoms with van der Waals surface area (Å²) >= 11 is 0. The third kappa shape index (κ3) is 13.5. The van der Waals surface area contributed by atoms with Crippen molar-refractivity contribution in [2.45, 2.75) is 162 Å². The quantitative estimate of drug-likeness (QED) is 0.131. The maximum absolute atomic E-state index is 2.56. The Morgan fingerprint density at radius 3 is 1.57 bits per heavy atom. The maximum atomic E-state index is 2.56. The first-order valence-corrected chi connectivity index (χ1v) is 13.9. The van der Waals surface area contributed by atoms with Crippen LogP contribution < -0.4 is 4.57 Å². The molecule has 0 atom stereocenters. The summed E-state index contributed by atoms with van der Waals surface area (Å²) in [5.74, 6) is 1.57. The predicted octanol–water partition coefficient (Wildman–Crippen LogP) is 8.79. The first kappa shape index (κ1) is 27.2. The number of aryl methyl sites for hydroxylation is 2. The zero-order valence-corrected chi connectivity index (χ0v) is 21.1. The molecule has 0 aliphatic carbocycles. The van der Waals surface area contributed by atoms with Crippen molar-refractivity contribution in [3.63, 3.8) is 0 Å². The van der Waals surface area contributed by atoms with E-state index in [1.54, 1.807) is 5.82 Å². The number of unbranched alkanes of at least 4 members (excludes halogenated alkanes) is 16. The molecule has 0 aromatic carbocycles. The second-order valence-electron chi connectivity index (χ2n) is 9.51. The average Bonchev–Trinajstić information content (AvgIpc) is 3.14. The van der Waals surface area contributed by atoms with Gasteiger partial charge in [0.25, 0.3) is 5.82 Å². The lowest BCUT2D eigenvalue weighted by Gasteiger charge is -2.06. The Morgan fingerprint density at radius 2 is 1.03 bits per heavy atom. The molecular formula is C28H55N2+. The van der Waals surface area contributed by atoms with E-state index in [4.69, 9.17) is 0 Å². The Labute approximate surface area is 189 Å². The van der Waals surface area contributed by atoms with Crippen molar-refractivity contribution in [1.82, 2.24) is 4.57 Å². The van der Waals surface area contributed by atoms with Crippen LogP contribution in [0.1, 0.15) is 149 Å². The summed E-state index contributed by atoms with van der Waals surface area (Å²) < 4.78 is 5.09. The van der Waals surface area contributed by atoms with Crippen LogP contribution >= 0.6 is 0 Å². The normalized spacial score (nSPS) is 11.4. The van der Waals surface area contributed by atoms with Gasteiger partial charge in [0.1, 0.15) is 12.4 Å². The number of nitrogens with zero attached hydrogens (tertiary/aromatic N) is 2. The largest absolute Gasteiger partial charge is 0.256 e. The third-order valence-corrected chi connectivity index (χ3v) is 6.60. The zero-order valence-electron chi connectivity index (χ0n) is 21.1. The molecule has 0 fully saturated rings. The Bertz CT molecular complexity index is 477. The molecule has 1 rings (SSSR count). The topological polar surface area (TPSA) is 8.81 Å². The van der Waals surface area contributed by atoms with Crippen molar-refractivity contribution in [2.24, 2.45) is 0 Å². The molecule has 0 aliphatic rings. The Balaban J connectivity index is 2.07. The molecule has 0 saturated carbocycles. The summed E-state index contributed by atoms with van der Waals surface area (Å²) in [5, 5.41) is 0. The second kappa shape index (κ2) is 20.1. The summed E-state index contributed by atoms with van der Waals surface area (Å²) in [6.45, 7) is 9.33. The van der Waals surface area contributed by atoms with Gasteiger partial charge in [-0.3, -0.25) is 0 Å². The number of imidazole rings is 1. The van der Waals surface area contributed by atoms with E-state index in [0.29, 0.717) is 0 Å². The minimum Gasteiger partial charge on any atom is -0.234 e. The van der Waals surface area contributed by atoms with Crippen LogP contribution in [0.25, 0.3) is 0 Å². The zero-order chi connectivity index (χ0) is 21.7. The van der Waals surface area contributed by atoms with Gasteiger partial charge in [-0.05, 0) is 32.1 Å². The minimum atomic E-state index is 1.21. The van der Waals surface area contributed by atoms with Gasteiger partial charge in [-0.2, -0.15) is 0 Å². The highest BCUT2D eigenvalue weighted by Crippen LogP contribution is 2.13. The summed E-state index contributed by atoms with van der Waals surface area (Å²) in [5.41, 5.74) is 0. The molecule has 2 heteroatoms. The monoisotopic (exact) mass is 419 g/mol. The predicted molar refractivity (Wildman–Crippen MR) is 133 cm³/mol. The molecule has 0 N–H and O–H groups in total. The summed E-state index contributed by atoms with van der Waals surface area (Å²) in [4.78, 5) is 0. The van der Waals surface area contributed by atoms with E-state index >= 15 is 0 Å². The summed E-state index contributed by atoms with van der Waals surface area (Å²) in [6, 6.07) is 0. The standard InChI is InChI=1S/C28H55N2/c1-4-7-10-11-12-13-14-15-16-17-18-19-20-22-25-30-27-26-29(24-21-8-5-2)28(30)23-9-6-3/h26-27H,4-25H2,1-3H3/q+1. The van der Waals surface area contributed by atoms with E-state index in [2.05, 4.69) is 42.3 Å². The molecule has 30 heavy (non-hydrogen) atoms. The van der Waals surface area contributed by atoms with Gasteiger partial charge < -0.3 is 0 Å². The molecule has 0 spiro atoms. The van der Waals surface area contributed by atoms with Crippen LogP contribution in [-0.2, 0) is 19.5 Å². The lowest BCUT2D eigenvalue weighted by atomic mass is 10.0. The molecular weight excluding hydrogens is 364 g/mol. The Kier molecular flexibility index (Phi) is 18.3. The third-order valence-electron chi connectivity index (χ3n) is 6.60. The van der Waals surface area contributed by atoms with Crippen LogP contribution in [0, 0.1) is 0 Å². The highest BCUT2D eigenvalue weighted by atomic mass is 15.1. The molecule has 176 valence electrons.